The number of ether oxygens (including phenoxy) is 1. The average molecular weight is 453 g/mol. The Kier molecular flexibility index (Phi) is 6.51. The molecule has 2 aromatic carbocycles. The van der Waals surface area contributed by atoms with Crippen molar-refractivity contribution >= 4 is 31.9 Å². The molecular weight excluding hydrogens is 432 g/mol. The molecule has 144 valence electrons. The van der Waals surface area contributed by atoms with Gasteiger partial charge in [0, 0.05) is 30.7 Å². The predicted octanol–water partition coefficient (Wildman–Crippen LogP) is 2.50. The zero-order valence-electron chi connectivity index (χ0n) is 14.8. The number of carbonyl (C=O) groups excluding carboxylic acids is 1. The van der Waals surface area contributed by atoms with Gasteiger partial charge in [0.25, 0.3) is 5.91 Å². The van der Waals surface area contributed by atoms with Gasteiger partial charge < -0.3 is 9.64 Å². The minimum Gasteiger partial charge on any atom is -0.484 e. The Morgan fingerprint density at radius 1 is 0.963 bits per heavy atom. The molecule has 0 bridgehead atoms. The van der Waals surface area contributed by atoms with Gasteiger partial charge in [-0.05, 0) is 29.8 Å². The van der Waals surface area contributed by atoms with E-state index in [4.69, 9.17) is 4.74 Å². The fourth-order valence-corrected chi connectivity index (χ4v) is 4.64. The summed E-state index contributed by atoms with van der Waals surface area (Å²) in [4.78, 5) is 14.0. The lowest BCUT2D eigenvalue weighted by molar-refractivity contribution is -0.134. The Hall–Kier alpha value is -1.90. The Labute approximate surface area is 167 Å². The van der Waals surface area contributed by atoms with Crippen LogP contribution in [0, 0.1) is 0 Å². The Bertz CT molecular complexity index is 864. The van der Waals surface area contributed by atoms with E-state index in [1.807, 2.05) is 30.3 Å². The molecule has 0 unspecified atom stereocenters. The third-order valence-electron chi connectivity index (χ3n) is 4.35. The summed E-state index contributed by atoms with van der Waals surface area (Å²) < 4.78 is 33.0. The Morgan fingerprint density at radius 2 is 1.59 bits per heavy atom. The van der Waals surface area contributed by atoms with Crippen LogP contribution in [0.1, 0.15) is 5.56 Å². The fourth-order valence-electron chi connectivity index (χ4n) is 2.86. The smallest absolute Gasteiger partial charge is 0.260 e. The van der Waals surface area contributed by atoms with E-state index >= 15 is 0 Å². The van der Waals surface area contributed by atoms with Gasteiger partial charge >= 0.3 is 0 Å². The van der Waals surface area contributed by atoms with Gasteiger partial charge in [-0.2, -0.15) is 4.31 Å². The first-order valence-corrected chi connectivity index (χ1v) is 11.0. The van der Waals surface area contributed by atoms with E-state index in [0.717, 1.165) is 10.0 Å². The third kappa shape index (κ3) is 5.54. The zero-order chi connectivity index (χ0) is 19.3. The number of carbonyl (C=O) groups is 1. The number of piperazine rings is 1. The van der Waals surface area contributed by atoms with E-state index in [-0.39, 0.29) is 18.3 Å². The Morgan fingerprint density at radius 3 is 2.22 bits per heavy atom. The highest BCUT2D eigenvalue weighted by atomic mass is 79.9. The van der Waals surface area contributed by atoms with Crippen molar-refractivity contribution in [2.45, 2.75) is 5.75 Å². The van der Waals surface area contributed by atoms with Gasteiger partial charge in [0.1, 0.15) is 5.75 Å². The van der Waals surface area contributed by atoms with Gasteiger partial charge in [-0.15, -0.1) is 0 Å². The standard InChI is InChI=1S/C19H21BrN2O4S/c20-17-6-8-18(9-7-17)26-14-19(23)21-10-12-22(13-11-21)27(24,25)15-16-4-2-1-3-5-16/h1-9H,10-15H2. The molecule has 1 heterocycles. The number of hydrogen-bond donors (Lipinski definition) is 0. The van der Waals surface area contributed by atoms with Crippen LogP contribution >= 0.6 is 15.9 Å². The van der Waals surface area contributed by atoms with Gasteiger partial charge in [0.05, 0.1) is 5.75 Å². The molecule has 0 aliphatic carbocycles. The largest absolute Gasteiger partial charge is 0.484 e. The number of rotatable bonds is 6. The molecule has 0 N–H and O–H groups in total. The molecule has 1 fully saturated rings. The second kappa shape index (κ2) is 8.86. The van der Waals surface area contributed by atoms with E-state index < -0.39 is 10.0 Å². The molecule has 0 spiro atoms. The normalized spacial score (nSPS) is 15.5. The van der Waals surface area contributed by atoms with Crippen LogP contribution in [0.15, 0.2) is 59.1 Å². The highest BCUT2D eigenvalue weighted by Gasteiger charge is 2.29. The van der Waals surface area contributed by atoms with Crippen molar-refractivity contribution in [3.63, 3.8) is 0 Å². The number of hydrogen-bond acceptors (Lipinski definition) is 4. The second-order valence-electron chi connectivity index (χ2n) is 6.26. The van der Waals surface area contributed by atoms with Crippen LogP contribution in [0.25, 0.3) is 0 Å². The summed E-state index contributed by atoms with van der Waals surface area (Å²) in [5.41, 5.74) is 0.763. The van der Waals surface area contributed by atoms with Gasteiger partial charge in [-0.3, -0.25) is 4.79 Å². The maximum absolute atomic E-state index is 12.6. The van der Waals surface area contributed by atoms with Gasteiger partial charge in [0.2, 0.25) is 10.0 Å². The molecular formula is C19H21BrN2O4S. The van der Waals surface area contributed by atoms with E-state index in [9.17, 15) is 13.2 Å². The van der Waals surface area contributed by atoms with Crippen LogP contribution in [-0.2, 0) is 20.6 Å². The first-order chi connectivity index (χ1) is 12.9. The number of amides is 1. The summed E-state index contributed by atoms with van der Waals surface area (Å²) in [7, 11) is -3.39. The predicted molar refractivity (Wildman–Crippen MR) is 107 cm³/mol. The molecule has 0 atom stereocenters. The fraction of sp³-hybridized carbons (Fsp3) is 0.316. The van der Waals surface area contributed by atoms with E-state index in [0.29, 0.717) is 31.9 Å². The van der Waals surface area contributed by atoms with E-state index in [2.05, 4.69) is 15.9 Å². The number of nitrogens with zero attached hydrogens (tertiary/aromatic N) is 2. The molecule has 1 aliphatic heterocycles. The van der Waals surface area contributed by atoms with Crippen LogP contribution in [-0.4, -0.2) is 56.3 Å². The van der Waals surface area contributed by atoms with Crippen molar-refractivity contribution in [3.05, 3.63) is 64.6 Å². The van der Waals surface area contributed by atoms with Gasteiger partial charge in [0.15, 0.2) is 6.61 Å². The lowest BCUT2D eigenvalue weighted by Gasteiger charge is -2.34. The molecule has 0 saturated carbocycles. The monoisotopic (exact) mass is 452 g/mol. The number of halogens is 1. The van der Waals surface area contributed by atoms with Crippen molar-refractivity contribution < 1.29 is 17.9 Å². The highest BCUT2D eigenvalue weighted by molar-refractivity contribution is 9.10. The van der Waals surface area contributed by atoms with Crippen molar-refractivity contribution in [2.24, 2.45) is 0 Å². The molecule has 1 amide bonds. The van der Waals surface area contributed by atoms with Crippen molar-refractivity contribution in [1.29, 1.82) is 0 Å². The summed E-state index contributed by atoms with van der Waals surface area (Å²) in [6.45, 7) is 1.30. The topological polar surface area (TPSA) is 66.9 Å². The molecule has 27 heavy (non-hydrogen) atoms. The molecule has 3 rings (SSSR count). The van der Waals surface area contributed by atoms with Gasteiger partial charge in [-0.25, -0.2) is 8.42 Å². The second-order valence-corrected chi connectivity index (χ2v) is 9.15. The lowest BCUT2D eigenvalue weighted by atomic mass is 10.2. The van der Waals surface area contributed by atoms with Crippen LogP contribution in [0.2, 0.25) is 0 Å². The maximum atomic E-state index is 12.6. The lowest BCUT2D eigenvalue weighted by Crippen LogP contribution is -2.51. The summed E-state index contributed by atoms with van der Waals surface area (Å²) in [5.74, 6) is 0.461. The number of benzene rings is 2. The molecule has 2 aromatic rings. The molecule has 6 nitrogen and oxygen atoms in total. The summed E-state index contributed by atoms with van der Waals surface area (Å²) in [5, 5.41) is 0. The van der Waals surface area contributed by atoms with Crippen LogP contribution < -0.4 is 4.74 Å². The maximum Gasteiger partial charge on any atom is 0.260 e. The molecule has 1 aliphatic rings. The first-order valence-electron chi connectivity index (χ1n) is 8.62. The van der Waals surface area contributed by atoms with Crippen LogP contribution in [0.5, 0.6) is 5.75 Å². The van der Waals surface area contributed by atoms with Crippen LogP contribution in [0.3, 0.4) is 0 Å². The quantitative estimate of drug-likeness (QED) is 0.674. The molecule has 0 radical (unpaired) electrons. The average Bonchev–Trinajstić information content (AvgIpc) is 2.68. The highest BCUT2D eigenvalue weighted by Crippen LogP contribution is 2.17. The minimum absolute atomic E-state index is 0.0194. The third-order valence-corrected chi connectivity index (χ3v) is 6.73. The molecule has 8 heteroatoms. The molecule has 0 aromatic heterocycles. The summed E-state index contributed by atoms with van der Waals surface area (Å²) >= 11 is 3.35. The zero-order valence-corrected chi connectivity index (χ0v) is 17.2. The summed E-state index contributed by atoms with van der Waals surface area (Å²) in [6, 6.07) is 16.4. The van der Waals surface area contributed by atoms with Crippen LogP contribution in [0.4, 0.5) is 0 Å². The summed E-state index contributed by atoms with van der Waals surface area (Å²) in [6.07, 6.45) is 0. The van der Waals surface area contributed by atoms with Crippen molar-refractivity contribution in [1.82, 2.24) is 9.21 Å². The molecule has 1 saturated heterocycles. The van der Waals surface area contributed by atoms with Crippen molar-refractivity contribution in [3.8, 4) is 5.75 Å². The van der Waals surface area contributed by atoms with Crippen molar-refractivity contribution in [2.75, 3.05) is 32.8 Å². The number of sulfonamides is 1. The van der Waals surface area contributed by atoms with Gasteiger partial charge in [-0.1, -0.05) is 46.3 Å². The SMILES string of the molecule is O=C(COc1ccc(Br)cc1)N1CCN(S(=O)(=O)Cc2ccccc2)CC1. The minimum atomic E-state index is -3.39. The Balaban J connectivity index is 1.49. The van der Waals surface area contributed by atoms with E-state index in [1.165, 1.54) is 4.31 Å². The van der Waals surface area contributed by atoms with E-state index in [1.54, 1.807) is 29.2 Å². The first kappa shape index (κ1) is 19.9.